The number of nitrogens with one attached hydrogen (secondary N) is 1. The number of nitrogens with zero attached hydrogens (tertiary/aromatic N) is 2. The lowest BCUT2D eigenvalue weighted by atomic mass is 9.86. The van der Waals surface area contributed by atoms with Crippen molar-refractivity contribution in [2.24, 2.45) is 5.41 Å². The van der Waals surface area contributed by atoms with Crippen LogP contribution in [-0.2, 0) is 10.2 Å². The number of carboxylic acids is 1. The van der Waals surface area contributed by atoms with Gasteiger partial charge in [0, 0.05) is 5.41 Å². The molecule has 2 N–H and O–H groups in total. The zero-order valence-electron chi connectivity index (χ0n) is 12.6. The molecule has 1 atom stereocenters. The molecule has 0 saturated carbocycles. The van der Waals surface area contributed by atoms with Gasteiger partial charge in [0.05, 0.1) is 5.69 Å². The first kappa shape index (κ1) is 16.6. The summed E-state index contributed by atoms with van der Waals surface area (Å²) in [6.07, 6.45) is 0. The monoisotopic (exact) mass is 299 g/mol. The van der Waals surface area contributed by atoms with Crippen molar-refractivity contribution in [1.29, 1.82) is 0 Å². The van der Waals surface area contributed by atoms with E-state index in [4.69, 9.17) is 0 Å². The predicted octanol–water partition coefficient (Wildman–Crippen LogP) is 2.06. The maximum atomic E-state index is 12.3. The largest absolute Gasteiger partial charge is 0.480 e. The van der Waals surface area contributed by atoms with Crippen LogP contribution in [0, 0.1) is 5.41 Å². The zero-order valence-corrected chi connectivity index (χ0v) is 13.5. The van der Waals surface area contributed by atoms with Crippen LogP contribution in [0.25, 0.3) is 0 Å². The predicted molar refractivity (Wildman–Crippen MR) is 77.0 cm³/mol. The van der Waals surface area contributed by atoms with Gasteiger partial charge in [-0.2, -0.15) is 0 Å². The summed E-state index contributed by atoms with van der Waals surface area (Å²) in [5, 5.41) is 15.8. The molecule has 0 unspecified atom stereocenters. The summed E-state index contributed by atoms with van der Waals surface area (Å²) >= 11 is 0.983. The average Bonchev–Trinajstić information content (AvgIpc) is 2.71. The first-order chi connectivity index (χ1) is 8.94. The molecule has 1 aromatic rings. The number of aliphatic carboxylic acids is 1. The van der Waals surface area contributed by atoms with Crippen LogP contribution in [0.4, 0.5) is 0 Å². The van der Waals surface area contributed by atoms with Crippen molar-refractivity contribution < 1.29 is 14.7 Å². The van der Waals surface area contributed by atoms with E-state index in [1.165, 1.54) is 0 Å². The first-order valence-electron chi connectivity index (χ1n) is 6.31. The molecule has 1 aromatic heterocycles. The molecule has 6 nitrogen and oxygen atoms in total. The lowest BCUT2D eigenvalue weighted by Gasteiger charge is -2.27. The van der Waals surface area contributed by atoms with E-state index < -0.39 is 23.3 Å². The highest BCUT2D eigenvalue weighted by Gasteiger charge is 2.35. The summed E-state index contributed by atoms with van der Waals surface area (Å²) in [5.74, 6) is -1.49. The van der Waals surface area contributed by atoms with Gasteiger partial charge < -0.3 is 10.4 Å². The molecular formula is C13H21N3O3S. The summed E-state index contributed by atoms with van der Waals surface area (Å²) in [6, 6.07) is -0.968. The molecule has 0 saturated heterocycles. The average molecular weight is 299 g/mol. The second-order valence-corrected chi connectivity index (χ2v) is 7.57. The summed E-state index contributed by atoms with van der Waals surface area (Å²) in [7, 11) is 0. The highest BCUT2D eigenvalue weighted by Crippen LogP contribution is 2.26. The van der Waals surface area contributed by atoms with E-state index in [2.05, 4.69) is 14.9 Å². The van der Waals surface area contributed by atoms with Crippen molar-refractivity contribution >= 4 is 23.4 Å². The van der Waals surface area contributed by atoms with Crippen molar-refractivity contribution in [3.63, 3.8) is 0 Å². The van der Waals surface area contributed by atoms with Gasteiger partial charge in [0.1, 0.15) is 10.9 Å². The number of carboxylic acid groups (broad SMARTS) is 1. The SMILES string of the molecule is CC(C)(C)c1nnsc1C(=O)N[C@H](C(=O)O)C(C)(C)C. The Kier molecular flexibility index (Phi) is 4.53. The first-order valence-corrected chi connectivity index (χ1v) is 7.08. The molecule has 7 heteroatoms. The van der Waals surface area contributed by atoms with Crippen LogP contribution in [0.15, 0.2) is 0 Å². The number of amides is 1. The number of hydrogen-bond donors (Lipinski definition) is 2. The van der Waals surface area contributed by atoms with Crippen LogP contribution in [-0.4, -0.2) is 32.6 Å². The smallest absolute Gasteiger partial charge is 0.326 e. The Morgan fingerprint density at radius 3 is 2.15 bits per heavy atom. The molecule has 1 heterocycles. The van der Waals surface area contributed by atoms with Gasteiger partial charge in [-0.05, 0) is 16.9 Å². The van der Waals surface area contributed by atoms with E-state index in [0.717, 1.165) is 11.5 Å². The second-order valence-electron chi connectivity index (χ2n) is 6.81. The number of carbonyl (C=O) groups excluding carboxylic acids is 1. The maximum Gasteiger partial charge on any atom is 0.326 e. The molecule has 0 fully saturated rings. The van der Waals surface area contributed by atoms with Gasteiger partial charge in [-0.1, -0.05) is 46.0 Å². The summed E-state index contributed by atoms with van der Waals surface area (Å²) in [6.45, 7) is 11.1. The Balaban J connectivity index is 3.03. The molecular weight excluding hydrogens is 278 g/mol. The van der Waals surface area contributed by atoms with E-state index >= 15 is 0 Å². The molecule has 0 radical (unpaired) electrons. The van der Waals surface area contributed by atoms with Crippen LogP contribution >= 0.6 is 11.5 Å². The minimum atomic E-state index is -1.05. The molecule has 0 bridgehead atoms. The number of hydrogen-bond acceptors (Lipinski definition) is 5. The lowest BCUT2D eigenvalue weighted by Crippen LogP contribution is -2.49. The third-order valence-corrected chi connectivity index (χ3v) is 3.52. The fourth-order valence-corrected chi connectivity index (χ4v) is 2.46. The van der Waals surface area contributed by atoms with Gasteiger partial charge in [-0.15, -0.1) is 5.10 Å². The Bertz CT molecular complexity index is 512. The minimum Gasteiger partial charge on any atom is -0.480 e. The van der Waals surface area contributed by atoms with Crippen LogP contribution in [0.1, 0.15) is 56.9 Å². The fourth-order valence-electron chi connectivity index (χ4n) is 1.68. The van der Waals surface area contributed by atoms with Crippen LogP contribution in [0.3, 0.4) is 0 Å². The number of carbonyl (C=O) groups is 2. The van der Waals surface area contributed by atoms with Crippen molar-refractivity contribution in [3.05, 3.63) is 10.6 Å². The highest BCUT2D eigenvalue weighted by molar-refractivity contribution is 7.08. The molecule has 0 spiro atoms. The van der Waals surface area contributed by atoms with Gasteiger partial charge in [-0.3, -0.25) is 4.79 Å². The highest BCUT2D eigenvalue weighted by atomic mass is 32.1. The van der Waals surface area contributed by atoms with E-state index in [1.54, 1.807) is 20.8 Å². The third kappa shape index (κ3) is 3.75. The molecule has 0 aliphatic heterocycles. The van der Waals surface area contributed by atoms with Gasteiger partial charge >= 0.3 is 5.97 Å². The standard InChI is InChI=1S/C13H21N3O3S/c1-12(2,3)8-7(20-16-15-8)10(17)14-9(11(18)19)13(4,5)6/h9H,1-6H3,(H,14,17)(H,18,19)/t9-/m1/s1. The van der Waals surface area contributed by atoms with Crippen molar-refractivity contribution in [1.82, 2.24) is 14.9 Å². The van der Waals surface area contributed by atoms with E-state index in [0.29, 0.717) is 10.6 Å². The molecule has 1 amide bonds. The maximum absolute atomic E-state index is 12.3. The van der Waals surface area contributed by atoms with E-state index in [-0.39, 0.29) is 5.41 Å². The van der Waals surface area contributed by atoms with Crippen LogP contribution in [0.2, 0.25) is 0 Å². The summed E-state index contributed by atoms with van der Waals surface area (Å²) in [4.78, 5) is 23.9. The number of rotatable bonds is 3. The van der Waals surface area contributed by atoms with Crippen molar-refractivity contribution in [2.75, 3.05) is 0 Å². The van der Waals surface area contributed by atoms with E-state index in [1.807, 2.05) is 20.8 Å². The third-order valence-electron chi connectivity index (χ3n) is 2.79. The van der Waals surface area contributed by atoms with Gasteiger partial charge in [0.25, 0.3) is 5.91 Å². The molecule has 20 heavy (non-hydrogen) atoms. The fraction of sp³-hybridized carbons (Fsp3) is 0.692. The molecule has 1 rings (SSSR count). The van der Waals surface area contributed by atoms with Crippen molar-refractivity contribution in [3.8, 4) is 0 Å². The van der Waals surface area contributed by atoms with Crippen LogP contribution < -0.4 is 5.32 Å². The molecule has 0 aliphatic carbocycles. The molecule has 0 aliphatic rings. The zero-order chi connectivity index (χ0) is 15.7. The van der Waals surface area contributed by atoms with Crippen LogP contribution in [0.5, 0.6) is 0 Å². The lowest BCUT2D eigenvalue weighted by molar-refractivity contribution is -0.142. The molecule has 0 aromatic carbocycles. The summed E-state index contributed by atoms with van der Waals surface area (Å²) < 4.78 is 3.81. The Hall–Kier alpha value is -1.50. The Labute approximate surface area is 122 Å². The van der Waals surface area contributed by atoms with Gasteiger partial charge in [0.15, 0.2) is 0 Å². The Morgan fingerprint density at radius 2 is 1.75 bits per heavy atom. The normalized spacial score (nSPS) is 13.9. The van der Waals surface area contributed by atoms with Gasteiger partial charge in [0.2, 0.25) is 0 Å². The Morgan fingerprint density at radius 1 is 1.20 bits per heavy atom. The topological polar surface area (TPSA) is 92.2 Å². The second kappa shape index (κ2) is 5.47. The number of aromatic nitrogens is 2. The van der Waals surface area contributed by atoms with Gasteiger partial charge in [-0.25, -0.2) is 4.79 Å². The quantitative estimate of drug-likeness (QED) is 0.891. The minimum absolute atomic E-state index is 0.319. The summed E-state index contributed by atoms with van der Waals surface area (Å²) in [5.41, 5.74) is -0.320. The van der Waals surface area contributed by atoms with Crippen molar-refractivity contribution in [2.45, 2.75) is 53.0 Å². The van der Waals surface area contributed by atoms with E-state index in [9.17, 15) is 14.7 Å². The molecule has 112 valence electrons.